The first-order valence-corrected chi connectivity index (χ1v) is 4.63. The van der Waals surface area contributed by atoms with Crippen LogP contribution in [0.15, 0.2) is 0 Å². The minimum Gasteiger partial charge on any atom is -0.481 e. The van der Waals surface area contributed by atoms with E-state index in [4.69, 9.17) is 5.11 Å². The molecule has 1 heterocycles. The molecule has 0 saturated carbocycles. The number of quaternary nitrogens is 1. The first-order valence-electron chi connectivity index (χ1n) is 4.63. The average molecular weight is 219 g/mol. The van der Waals surface area contributed by atoms with Crippen LogP contribution in [0, 0.1) is 5.92 Å². The minimum absolute atomic E-state index is 0.124. The molecule has 0 aromatic heterocycles. The van der Waals surface area contributed by atoms with Gasteiger partial charge in [-0.3, -0.25) is 9.59 Å². The third-order valence-corrected chi connectivity index (χ3v) is 2.46. The molecule has 7 heteroatoms. The van der Waals surface area contributed by atoms with Gasteiger partial charge in [0.15, 0.2) is 12.3 Å². The van der Waals surface area contributed by atoms with Crippen molar-refractivity contribution in [2.24, 2.45) is 5.92 Å². The van der Waals surface area contributed by atoms with Gasteiger partial charge in [0.25, 0.3) is 0 Å². The molecule has 4 atom stereocenters. The summed E-state index contributed by atoms with van der Waals surface area (Å²) in [5, 5.41) is 31.7. The van der Waals surface area contributed by atoms with Crippen LogP contribution in [0.2, 0.25) is 0 Å². The van der Waals surface area contributed by atoms with Gasteiger partial charge < -0.3 is 26.0 Å². The quantitative estimate of drug-likeness (QED) is 0.329. The summed E-state index contributed by atoms with van der Waals surface area (Å²) >= 11 is 0. The second-order valence-corrected chi connectivity index (χ2v) is 3.62. The topological polar surface area (TPSA) is 123 Å². The van der Waals surface area contributed by atoms with Gasteiger partial charge in [-0.05, 0) is 0 Å². The highest BCUT2D eigenvalue weighted by molar-refractivity contribution is 5.73. The van der Waals surface area contributed by atoms with Crippen molar-refractivity contribution < 1.29 is 30.2 Å². The second kappa shape index (κ2) is 4.56. The van der Waals surface area contributed by atoms with Gasteiger partial charge in [0.2, 0.25) is 5.91 Å². The van der Waals surface area contributed by atoms with Crippen molar-refractivity contribution in [2.75, 3.05) is 6.54 Å². The number of aliphatic carboxylic acids is 1. The van der Waals surface area contributed by atoms with E-state index in [-0.39, 0.29) is 12.5 Å². The van der Waals surface area contributed by atoms with Crippen LogP contribution in [0.4, 0.5) is 0 Å². The van der Waals surface area contributed by atoms with Gasteiger partial charge in [0.1, 0.15) is 12.0 Å². The third kappa shape index (κ3) is 2.65. The van der Waals surface area contributed by atoms with E-state index >= 15 is 0 Å². The molecule has 0 bridgehead atoms. The highest BCUT2D eigenvalue weighted by atomic mass is 16.4. The maximum absolute atomic E-state index is 10.7. The SMILES string of the molecule is CC(=O)N[C@H]1[NH2+]C[C@H](C(=O)O)[C@H](O)[C@@H]1O. The fourth-order valence-corrected chi connectivity index (χ4v) is 1.65. The molecule has 1 saturated heterocycles. The van der Waals surface area contributed by atoms with E-state index in [1.54, 1.807) is 0 Å². The van der Waals surface area contributed by atoms with Crippen molar-refractivity contribution in [1.82, 2.24) is 5.32 Å². The first-order chi connectivity index (χ1) is 6.93. The normalized spacial score (nSPS) is 35.9. The molecular formula is C8H15N2O5+. The lowest BCUT2D eigenvalue weighted by Crippen LogP contribution is -3.01. The Morgan fingerprint density at radius 1 is 1.33 bits per heavy atom. The summed E-state index contributed by atoms with van der Waals surface area (Å²) < 4.78 is 0. The summed E-state index contributed by atoms with van der Waals surface area (Å²) in [4.78, 5) is 21.4. The van der Waals surface area contributed by atoms with E-state index in [0.717, 1.165) is 0 Å². The number of piperidine rings is 1. The molecule has 1 amide bonds. The molecule has 1 aliphatic heterocycles. The van der Waals surface area contributed by atoms with Gasteiger partial charge in [-0.25, -0.2) is 0 Å². The standard InChI is InChI=1S/C8H14N2O5/c1-3(11)10-7-6(13)5(12)4(2-9-7)8(14)15/h4-7,9,12-13H,2H2,1H3,(H,10,11)(H,14,15)/p+1/t4-,5-,6-,7+/m0/s1. The summed E-state index contributed by atoms with van der Waals surface area (Å²) in [7, 11) is 0. The minimum atomic E-state index is -1.36. The van der Waals surface area contributed by atoms with Gasteiger partial charge in [0.05, 0.1) is 6.54 Å². The predicted molar refractivity (Wildman–Crippen MR) is 47.5 cm³/mol. The molecule has 86 valence electrons. The number of nitrogens with one attached hydrogen (secondary N) is 1. The summed E-state index contributed by atoms with van der Waals surface area (Å²) in [5.74, 6) is -2.50. The largest absolute Gasteiger partial charge is 0.481 e. The lowest BCUT2D eigenvalue weighted by atomic mass is 9.92. The lowest BCUT2D eigenvalue weighted by molar-refractivity contribution is -0.716. The first kappa shape index (κ1) is 11.9. The van der Waals surface area contributed by atoms with Crippen LogP contribution in [-0.4, -0.2) is 52.1 Å². The van der Waals surface area contributed by atoms with E-state index in [1.165, 1.54) is 12.2 Å². The van der Waals surface area contributed by atoms with Crippen LogP contribution in [0.1, 0.15) is 6.92 Å². The van der Waals surface area contributed by atoms with Crippen LogP contribution in [-0.2, 0) is 9.59 Å². The number of nitrogens with two attached hydrogens (primary N) is 1. The fraction of sp³-hybridized carbons (Fsp3) is 0.750. The maximum Gasteiger partial charge on any atom is 0.315 e. The Morgan fingerprint density at radius 2 is 1.93 bits per heavy atom. The number of hydrogen-bond donors (Lipinski definition) is 5. The molecule has 6 N–H and O–H groups in total. The molecule has 0 radical (unpaired) electrons. The zero-order chi connectivity index (χ0) is 11.6. The van der Waals surface area contributed by atoms with Crippen molar-refractivity contribution in [3.63, 3.8) is 0 Å². The molecule has 15 heavy (non-hydrogen) atoms. The smallest absolute Gasteiger partial charge is 0.315 e. The van der Waals surface area contributed by atoms with E-state index < -0.39 is 30.3 Å². The maximum atomic E-state index is 10.7. The summed E-state index contributed by atoms with van der Waals surface area (Å²) in [6, 6.07) is 0. The Labute approximate surface area is 86.1 Å². The number of aliphatic hydroxyl groups is 2. The molecule has 1 fully saturated rings. The van der Waals surface area contributed by atoms with Gasteiger partial charge in [-0.15, -0.1) is 0 Å². The van der Waals surface area contributed by atoms with Crippen LogP contribution >= 0.6 is 0 Å². The Morgan fingerprint density at radius 3 is 2.40 bits per heavy atom. The van der Waals surface area contributed by atoms with E-state index in [0.29, 0.717) is 0 Å². The summed E-state index contributed by atoms with van der Waals surface area (Å²) in [5.41, 5.74) is 0. The van der Waals surface area contributed by atoms with Gasteiger partial charge >= 0.3 is 5.97 Å². The van der Waals surface area contributed by atoms with Gasteiger partial charge in [-0.1, -0.05) is 0 Å². The number of rotatable bonds is 2. The molecule has 0 aliphatic carbocycles. The Balaban J connectivity index is 2.64. The third-order valence-electron chi connectivity index (χ3n) is 2.46. The lowest BCUT2D eigenvalue weighted by Gasteiger charge is -2.33. The number of carboxylic acids is 1. The number of carbonyl (C=O) groups excluding carboxylic acids is 1. The number of carboxylic acid groups (broad SMARTS) is 1. The van der Waals surface area contributed by atoms with Crippen molar-refractivity contribution in [3.05, 3.63) is 0 Å². The zero-order valence-corrected chi connectivity index (χ0v) is 8.25. The van der Waals surface area contributed by atoms with Crippen LogP contribution in [0.3, 0.4) is 0 Å². The van der Waals surface area contributed by atoms with Crippen molar-refractivity contribution in [2.45, 2.75) is 25.3 Å². The van der Waals surface area contributed by atoms with Crippen LogP contribution < -0.4 is 10.6 Å². The number of carbonyl (C=O) groups is 2. The number of aliphatic hydroxyl groups excluding tert-OH is 2. The highest BCUT2D eigenvalue weighted by Gasteiger charge is 2.44. The van der Waals surface area contributed by atoms with Gasteiger partial charge in [-0.2, -0.15) is 0 Å². The van der Waals surface area contributed by atoms with E-state index in [9.17, 15) is 19.8 Å². The number of hydrogen-bond acceptors (Lipinski definition) is 4. The molecule has 0 spiro atoms. The highest BCUT2D eigenvalue weighted by Crippen LogP contribution is 2.11. The molecule has 1 aliphatic rings. The van der Waals surface area contributed by atoms with Crippen LogP contribution in [0.25, 0.3) is 0 Å². The monoisotopic (exact) mass is 219 g/mol. The summed E-state index contributed by atoms with van der Waals surface area (Å²) in [6.45, 7) is 1.41. The molecule has 0 aromatic carbocycles. The Hall–Kier alpha value is -1.18. The molecule has 7 nitrogen and oxygen atoms in total. The fourth-order valence-electron chi connectivity index (χ4n) is 1.65. The molecular weight excluding hydrogens is 204 g/mol. The van der Waals surface area contributed by atoms with Gasteiger partial charge in [0, 0.05) is 6.92 Å². The van der Waals surface area contributed by atoms with Crippen molar-refractivity contribution in [1.29, 1.82) is 0 Å². The Bertz CT molecular complexity index is 268. The number of amides is 1. The van der Waals surface area contributed by atoms with Crippen LogP contribution in [0.5, 0.6) is 0 Å². The van der Waals surface area contributed by atoms with E-state index in [2.05, 4.69) is 5.32 Å². The van der Waals surface area contributed by atoms with Crippen molar-refractivity contribution in [3.8, 4) is 0 Å². The average Bonchev–Trinajstić information content (AvgIpc) is 2.12. The molecule has 0 unspecified atom stereocenters. The Kier molecular flexibility index (Phi) is 3.61. The summed E-state index contributed by atoms with van der Waals surface area (Å²) in [6.07, 6.45) is -3.32. The van der Waals surface area contributed by atoms with E-state index in [1.807, 2.05) is 0 Å². The zero-order valence-electron chi connectivity index (χ0n) is 8.25. The van der Waals surface area contributed by atoms with Crippen molar-refractivity contribution >= 4 is 11.9 Å². The molecule has 0 aromatic rings. The molecule has 1 rings (SSSR count). The second-order valence-electron chi connectivity index (χ2n) is 3.62. The predicted octanol–water partition coefficient (Wildman–Crippen LogP) is -3.55.